The zero-order valence-electron chi connectivity index (χ0n) is 54.5. The second-order valence-electron chi connectivity index (χ2n) is 24.9. The normalized spacial score (nSPS) is 12.8. The quantitative estimate of drug-likeness (QED) is 0.0320. The number of esters is 1. The summed E-state index contributed by atoms with van der Waals surface area (Å²) >= 11 is 0. The molecule has 0 aliphatic heterocycles. The highest BCUT2D eigenvalue weighted by molar-refractivity contribution is 5.76. The van der Waals surface area contributed by atoms with Gasteiger partial charge in [0, 0.05) is 12.8 Å². The molecule has 0 saturated carbocycles. The first-order valence-electron chi connectivity index (χ1n) is 36.4. The van der Waals surface area contributed by atoms with Crippen molar-refractivity contribution in [1.82, 2.24) is 5.32 Å². The fraction of sp³-hybridized carbons (Fsp3) is 0.867. The van der Waals surface area contributed by atoms with E-state index in [0.717, 1.165) is 57.8 Å². The maximum absolute atomic E-state index is 12.5. The van der Waals surface area contributed by atoms with E-state index in [0.29, 0.717) is 25.9 Å². The Kier molecular flexibility index (Phi) is 68.4. The van der Waals surface area contributed by atoms with E-state index in [2.05, 4.69) is 67.8 Å². The van der Waals surface area contributed by atoms with Crippen LogP contribution in [0.2, 0.25) is 0 Å². The molecular weight excluding hydrogens is 995 g/mol. The number of rotatable bonds is 68. The van der Waals surface area contributed by atoms with Gasteiger partial charge in [0.1, 0.15) is 0 Å². The number of aliphatic hydroxyl groups is 2. The van der Waals surface area contributed by atoms with Crippen LogP contribution in [0, 0.1) is 0 Å². The molecule has 3 N–H and O–H groups in total. The van der Waals surface area contributed by atoms with Crippen LogP contribution in [-0.4, -0.2) is 47.4 Å². The molecule has 0 aliphatic carbocycles. The van der Waals surface area contributed by atoms with E-state index in [1.165, 1.54) is 302 Å². The third-order valence-corrected chi connectivity index (χ3v) is 16.9. The zero-order chi connectivity index (χ0) is 58.5. The van der Waals surface area contributed by atoms with Crippen molar-refractivity contribution in [2.24, 2.45) is 0 Å². The van der Waals surface area contributed by atoms with Crippen LogP contribution in [0.4, 0.5) is 0 Å². The number of ether oxygens (including phenoxy) is 1. The summed E-state index contributed by atoms with van der Waals surface area (Å²) < 4.78 is 5.49. The Balaban J connectivity index is 3.35. The molecule has 0 heterocycles. The number of carbonyl (C=O) groups excluding carboxylic acids is 2. The molecule has 0 aliphatic rings. The van der Waals surface area contributed by atoms with Gasteiger partial charge in [0.15, 0.2) is 0 Å². The Bertz CT molecular complexity index is 1360. The predicted molar refractivity (Wildman–Crippen MR) is 356 cm³/mol. The van der Waals surface area contributed by atoms with Crippen molar-refractivity contribution < 1.29 is 24.5 Å². The number of aliphatic hydroxyl groups excluding tert-OH is 2. The molecule has 476 valence electrons. The van der Waals surface area contributed by atoms with Crippen molar-refractivity contribution in [2.45, 2.75) is 405 Å². The monoisotopic (exact) mass is 1140 g/mol. The number of allylic oxidation sites excluding steroid dienone is 8. The lowest BCUT2D eigenvalue weighted by atomic mass is 10.0. The third kappa shape index (κ3) is 66.8. The van der Waals surface area contributed by atoms with Gasteiger partial charge < -0.3 is 20.3 Å². The summed E-state index contributed by atoms with van der Waals surface area (Å²) in [5.74, 6) is -0.0266. The number of hydrogen-bond donors (Lipinski definition) is 3. The van der Waals surface area contributed by atoms with Gasteiger partial charge in [0.2, 0.25) is 5.91 Å². The number of carbonyl (C=O) groups is 2. The third-order valence-electron chi connectivity index (χ3n) is 16.9. The molecule has 0 spiro atoms. The molecule has 0 radical (unpaired) electrons. The highest BCUT2D eigenvalue weighted by atomic mass is 16.5. The summed E-state index contributed by atoms with van der Waals surface area (Å²) in [4.78, 5) is 24.5. The second-order valence-corrected chi connectivity index (χ2v) is 24.9. The van der Waals surface area contributed by atoms with E-state index >= 15 is 0 Å². The molecular formula is C75H141NO5. The molecule has 1 amide bonds. The van der Waals surface area contributed by atoms with E-state index < -0.39 is 12.1 Å². The highest BCUT2D eigenvalue weighted by Crippen LogP contribution is 2.18. The van der Waals surface area contributed by atoms with E-state index in [1.807, 2.05) is 0 Å². The fourth-order valence-corrected chi connectivity index (χ4v) is 11.3. The van der Waals surface area contributed by atoms with E-state index in [4.69, 9.17) is 4.74 Å². The van der Waals surface area contributed by atoms with Gasteiger partial charge in [-0.3, -0.25) is 9.59 Å². The molecule has 0 rings (SSSR count). The SMILES string of the molecule is CCCCCC/C=C\C/C=C\CCCCCCCC(=O)OCCCCCCCCCCCCCCC/C=C\C/C=C\CCCCCCCCCCCCCCCCCCCC(=O)NC(CO)C(O)CCCCCCCCCCCCC. The molecule has 0 aromatic carbocycles. The maximum atomic E-state index is 12.5. The molecule has 0 fully saturated rings. The lowest BCUT2D eigenvalue weighted by molar-refractivity contribution is -0.143. The lowest BCUT2D eigenvalue weighted by Crippen LogP contribution is -2.45. The second kappa shape index (κ2) is 70.3. The number of amides is 1. The van der Waals surface area contributed by atoms with Crippen LogP contribution in [0.1, 0.15) is 393 Å². The van der Waals surface area contributed by atoms with E-state index in [9.17, 15) is 19.8 Å². The van der Waals surface area contributed by atoms with Crippen LogP contribution in [-0.2, 0) is 14.3 Å². The minimum absolute atomic E-state index is 0.00532. The van der Waals surface area contributed by atoms with Crippen LogP contribution < -0.4 is 5.32 Å². The largest absolute Gasteiger partial charge is 0.466 e. The molecule has 0 bridgehead atoms. The summed E-state index contributed by atoms with van der Waals surface area (Å²) in [6.45, 7) is 4.94. The Morgan fingerprint density at radius 2 is 0.617 bits per heavy atom. The smallest absolute Gasteiger partial charge is 0.305 e. The van der Waals surface area contributed by atoms with Gasteiger partial charge in [-0.25, -0.2) is 0 Å². The van der Waals surface area contributed by atoms with Crippen LogP contribution >= 0.6 is 0 Å². The van der Waals surface area contributed by atoms with Crippen LogP contribution in [0.5, 0.6) is 0 Å². The molecule has 0 aromatic heterocycles. The first-order valence-corrected chi connectivity index (χ1v) is 36.4. The topological polar surface area (TPSA) is 95.9 Å². The first kappa shape index (κ1) is 78.8. The maximum Gasteiger partial charge on any atom is 0.305 e. The van der Waals surface area contributed by atoms with Crippen LogP contribution in [0.15, 0.2) is 48.6 Å². The number of unbranched alkanes of at least 4 members (excludes halogenated alkanes) is 49. The minimum atomic E-state index is -0.661. The average Bonchev–Trinajstić information content (AvgIpc) is 3.47. The predicted octanol–water partition coefficient (Wildman–Crippen LogP) is 23.6. The van der Waals surface area contributed by atoms with E-state index in [1.54, 1.807) is 0 Å². The Morgan fingerprint density at radius 3 is 0.951 bits per heavy atom. The summed E-state index contributed by atoms with van der Waals surface area (Å²) in [7, 11) is 0. The first-order chi connectivity index (χ1) is 40.0. The summed E-state index contributed by atoms with van der Waals surface area (Å²) in [5, 5.41) is 23.2. The van der Waals surface area contributed by atoms with Crippen LogP contribution in [0.3, 0.4) is 0 Å². The molecule has 0 aromatic rings. The fourth-order valence-electron chi connectivity index (χ4n) is 11.3. The Hall–Kier alpha value is -2.18. The van der Waals surface area contributed by atoms with Crippen LogP contribution in [0.25, 0.3) is 0 Å². The molecule has 2 unspecified atom stereocenters. The number of hydrogen-bond acceptors (Lipinski definition) is 5. The lowest BCUT2D eigenvalue weighted by Gasteiger charge is -2.22. The van der Waals surface area contributed by atoms with Crippen molar-refractivity contribution in [3.63, 3.8) is 0 Å². The van der Waals surface area contributed by atoms with Gasteiger partial charge in [0.05, 0.1) is 25.4 Å². The van der Waals surface area contributed by atoms with Gasteiger partial charge >= 0.3 is 5.97 Å². The van der Waals surface area contributed by atoms with Gasteiger partial charge in [0.25, 0.3) is 0 Å². The molecule has 0 saturated heterocycles. The molecule has 6 heteroatoms. The standard InChI is InChI=1S/C75H141NO5/c1-3-5-7-9-11-13-15-16-17-42-45-49-53-57-61-65-69-75(80)81-70-66-62-58-54-50-46-43-40-38-36-34-32-30-28-26-24-22-20-18-19-21-23-25-27-29-31-33-35-37-39-41-44-48-52-56-60-64-68-74(79)76-72(71-77)73(78)67-63-59-55-51-47-14-12-10-8-6-4-2/h13,15,17-18,20,24,26,42,72-73,77-78H,3-12,14,16,19,21-23,25,27-41,43-71H2,1-2H3,(H,76,79)/b15-13-,20-18-,26-24-,42-17-. The van der Waals surface area contributed by atoms with Gasteiger partial charge in [-0.2, -0.15) is 0 Å². The summed E-state index contributed by atoms with van der Waals surface area (Å²) in [6, 6.07) is -0.538. The van der Waals surface area contributed by atoms with Crippen molar-refractivity contribution in [3.8, 4) is 0 Å². The number of nitrogens with one attached hydrogen (secondary N) is 1. The molecule has 2 atom stereocenters. The van der Waals surface area contributed by atoms with Gasteiger partial charge in [-0.05, 0) is 89.9 Å². The van der Waals surface area contributed by atoms with Crippen molar-refractivity contribution >= 4 is 11.9 Å². The van der Waals surface area contributed by atoms with E-state index in [-0.39, 0.29) is 18.5 Å². The summed E-state index contributed by atoms with van der Waals surface area (Å²) in [6.07, 6.45) is 91.9. The minimum Gasteiger partial charge on any atom is -0.466 e. The summed E-state index contributed by atoms with van der Waals surface area (Å²) in [5.41, 5.74) is 0. The Morgan fingerprint density at radius 1 is 0.346 bits per heavy atom. The van der Waals surface area contributed by atoms with Gasteiger partial charge in [-0.15, -0.1) is 0 Å². The average molecular weight is 1140 g/mol. The highest BCUT2D eigenvalue weighted by Gasteiger charge is 2.20. The van der Waals surface area contributed by atoms with Crippen molar-refractivity contribution in [1.29, 1.82) is 0 Å². The van der Waals surface area contributed by atoms with Crippen molar-refractivity contribution in [3.05, 3.63) is 48.6 Å². The zero-order valence-corrected chi connectivity index (χ0v) is 54.5. The van der Waals surface area contributed by atoms with Crippen molar-refractivity contribution in [2.75, 3.05) is 13.2 Å². The molecule has 81 heavy (non-hydrogen) atoms. The molecule has 6 nitrogen and oxygen atoms in total. The van der Waals surface area contributed by atoms with Gasteiger partial charge in [-0.1, -0.05) is 339 Å². The Labute approximate surface area is 506 Å².